The molecule has 0 radical (unpaired) electrons. The number of carbonyl (C=O) groups is 3. The van der Waals surface area contributed by atoms with E-state index >= 15 is 0 Å². The van der Waals surface area contributed by atoms with Gasteiger partial charge in [0.25, 0.3) is 5.91 Å². The average molecular weight is 460 g/mol. The Hall–Kier alpha value is -2.37. The van der Waals surface area contributed by atoms with E-state index in [-0.39, 0.29) is 37.7 Å². The van der Waals surface area contributed by atoms with E-state index in [1.54, 1.807) is 13.8 Å². The van der Waals surface area contributed by atoms with Gasteiger partial charge >= 0.3 is 5.97 Å². The van der Waals surface area contributed by atoms with Crippen molar-refractivity contribution in [2.75, 3.05) is 18.2 Å². The van der Waals surface area contributed by atoms with Gasteiger partial charge in [0.2, 0.25) is 15.0 Å². The molecule has 2 heterocycles. The lowest BCUT2D eigenvalue weighted by Gasteiger charge is -2.08. The number of hydrogen-bond acceptors (Lipinski definition) is 9. The second kappa shape index (κ2) is 8.97. The van der Waals surface area contributed by atoms with Crippen molar-refractivity contribution in [2.45, 2.75) is 32.3 Å². The second-order valence-electron chi connectivity index (χ2n) is 5.93. The molecule has 2 aromatic rings. The Morgan fingerprint density at radius 2 is 1.97 bits per heavy atom. The zero-order chi connectivity index (χ0) is 21.9. The molecule has 0 unspecified atom stereocenters. The summed E-state index contributed by atoms with van der Waals surface area (Å²) < 4.78 is 29.1. The van der Waals surface area contributed by atoms with Gasteiger partial charge < -0.3 is 10.1 Å². The van der Waals surface area contributed by atoms with E-state index in [0.717, 1.165) is 17.5 Å². The molecule has 9 nitrogen and oxygen atoms in total. The van der Waals surface area contributed by atoms with E-state index in [0.29, 0.717) is 12.0 Å². The van der Waals surface area contributed by atoms with Gasteiger partial charge in [-0.15, -0.1) is 11.3 Å². The predicted molar refractivity (Wildman–Crippen MR) is 108 cm³/mol. The van der Waals surface area contributed by atoms with Gasteiger partial charge in [0, 0.05) is 0 Å². The maximum Gasteiger partial charge on any atom is 0.341 e. The molecule has 1 N–H and O–H groups in total. The number of nitrogens with zero attached hydrogens (tertiary/aromatic N) is 2. The van der Waals surface area contributed by atoms with E-state index in [9.17, 15) is 22.8 Å². The SMILES string of the molecule is CCCS(=O)(=O)c1ncc(Cl)c(C(=O)Nc2sc(C(C)=O)c(C)c2C(=O)OC)n1. The highest BCUT2D eigenvalue weighted by Crippen LogP contribution is 2.34. The molecule has 0 spiro atoms. The minimum atomic E-state index is -3.77. The number of hydrogen-bond donors (Lipinski definition) is 1. The van der Waals surface area contributed by atoms with Crippen molar-refractivity contribution in [3.8, 4) is 0 Å². The lowest BCUT2D eigenvalue weighted by molar-refractivity contribution is 0.0601. The van der Waals surface area contributed by atoms with Crippen molar-refractivity contribution in [1.29, 1.82) is 0 Å². The first-order valence-electron chi connectivity index (χ1n) is 8.32. The third-order valence-electron chi connectivity index (χ3n) is 3.77. The molecule has 0 saturated heterocycles. The fourth-order valence-electron chi connectivity index (χ4n) is 2.47. The number of anilines is 1. The molecule has 0 atom stereocenters. The van der Waals surface area contributed by atoms with Crippen LogP contribution in [0.2, 0.25) is 5.02 Å². The zero-order valence-corrected chi connectivity index (χ0v) is 18.4. The van der Waals surface area contributed by atoms with E-state index < -0.39 is 26.9 Å². The number of Topliss-reactive ketones (excluding diaryl/α,β-unsaturated/α-hetero) is 1. The van der Waals surface area contributed by atoms with Crippen LogP contribution in [0.25, 0.3) is 0 Å². The summed E-state index contributed by atoms with van der Waals surface area (Å²) >= 11 is 6.88. The number of esters is 1. The molecule has 12 heteroatoms. The predicted octanol–water partition coefficient (Wildman–Crippen LogP) is 2.93. The second-order valence-corrected chi connectivity index (χ2v) is 9.36. The molecule has 0 aromatic carbocycles. The number of aromatic nitrogens is 2. The monoisotopic (exact) mass is 459 g/mol. The number of amides is 1. The molecule has 0 bridgehead atoms. The molecule has 29 heavy (non-hydrogen) atoms. The van der Waals surface area contributed by atoms with E-state index in [4.69, 9.17) is 16.3 Å². The summed E-state index contributed by atoms with van der Waals surface area (Å²) in [5.74, 6) is -2.06. The molecule has 1 amide bonds. The van der Waals surface area contributed by atoms with Crippen molar-refractivity contribution in [1.82, 2.24) is 9.97 Å². The number of ketones is 1. The number of sulfone groups is 1. The van der Waals surface area contributed by atoms with Crippen LogP contribution in [0.15, 0.2) is 11.4 Å². The summed E-state index contributed by atoms with van der Waals surface area (Å²) in [6.07, 6.45) is 1.37. The standard InChI is InChI=1S/C17H18ClN3O6S2/c1-5-6-29(25,26)17-19-7-10(18)12(20-17)14(23)21-15-11(16(24)27-4)8(2)13(28-15)9(3)22/h7H,5-6H2,1-4H3,(H,21,23). The number of methoxy groups -OCH3 is 1. The summed E-state index contributed by atoms with van der Waals surface area (Å²) in [5.41, 5.74) is 0.0206. The fraction of sp³-hybridized carbons (Fsp3) is 0.353. The van der Waals surface area contributed by atoms with Crippen LogP contribution in [0.5, 0.6) is 0 Å². The lowest BCUT2D eigenvalue weighted by atomic mass is 10.1. The van der Waals surface area contributed by atoms with E-state index in [1.807, 2.05) is 0 Å². The minimum Gasteiger partial charge on any atom is -0.465 e. The van der Waals surface area contributed by atoms with Gasteiger partial charge in [-0.2, -0.15) is 0 Å². The average Bonchev–Trinajstić information content (AvgIpc) is 2.97. The van der Waals surface area contributed by atoms with Gasteiger partial charge in [-0.25, -0.2) is 23.2 Å². The highest BCUT2D eigenvalue weighted by Gasteiger charge is 2.27. The third kappa shape index (κ3) is 4.80. The van der Waals surface area contributed by atoms with Gasteiger partial charge in [0.1, 0.15) is 5.00 Å². The maximum atomic E-state index is 12.7. The van der Waals surface area contributed by atoms with Crippen LogP contribution in [0.3, 0.4) is 0 Å². The normalized spacial score (nSPS) is 11.2. The summed E-state index contributed by atoms with van der Waals surface area (Å²) in [4.78, 5) is 44.4. The first-order chi connectivity index (χ1) is 13.5. The summed E-state index contributed by atoms with van der Waals surface area (Å²) in [7, 11) is -2.60. The Morgan fingerprint density at radius 1 is 1.31 bits per heavy atom. The lowest BCUT2D eigenvalue weighted by Crippen LogP contribution is -2.19. The highest BCUT2D eigenvalue weighted by atomic mass is 35.5. The van der Waals surface area contributed by atoms with Crippen LogP contribution >= 0.6 is 22.9 Å². The largest absolute Gasteiger partial charge is 0.465 e. The topological polar surface area (TPSA) is 132 Å². The number of halogens is 1. The van der Waals surface area contributed by atoms with E-state index in [2.05, 4.69) is 15.3 Å². The molecule has 2 aromatic heterocycles. The summed E-state index contributed by atoms with van der Waals surface area (Å²) in [6, 6.07) is 0. The summed E-state index contributed by atoms with van der Waals surface area (Å²) in [6.45, 7) is 4.57. The number of nitrogens with one attached hydrogen (secondary N) is 1. The van der Waals surface area contributed by atoms with Crippen LogP contribution < -0.4 is 5.32 Å². The van der Waals surface area contributed by atoms with Gasteiger partial charge in [0.15, 0.2) is 11.5 Å². The number of thiophene rings is 1. The van der Waals surface area contributed by atoms with Gasteiger partial charge in [0.05, 0.1) is 34.5 Å². The van der Waals surface area contributed by atoms with Crippen LogP contribution in [0.1, 0.15) is 56.3 Å². The van der Waals surface area contributed by atoms with Gasteiger partial charge in [-0.1, -0.05) is 18.5 Å². The molecule has 156 valence electrons. The number of ether oxygens (including phenoxy) is 1. The Balaban J connectivity index is 2.49. The smallest absolute Gasteiger partial charge is 0.341 e. The Bertz CT molecular complexity index is 1090. The van der Waals surface area contributed by atoms with Gasteiger partial charge in [-0.05, 0) is 25.8 Å². The first kappa shape index (κ1) is 22.9. The molecule has 2 rings (SSSR count). The van der Waals surface area contributed by atoms with Crippen molar-refractivity contribution >= 4 is 55.4 Å². The van der Waals surface area contributed by atoms with Crippen LogP contribution in [-0.4, -0.2) is 48.9 Å². The Kier molecular flexibility index (Phi) is 7.09. The quantitative estimate of drug-likeness (QED) is 0.379. The van der Waals surface area contributed by atoms with Crippen molar-refractivity contribution in [2.24, 2.45) is 0 Å². The van der Waals surface area contributed by atoms with Crippen LogP contribution in [0, 0.1) is 6.92 Å². The highest BCUT2D eigenvalue weighted by molar-refractivity contribution is 7.91. The molecule has 0 fully saturated rings. The molecular formula is C17H18ClN3O6S2. The van der Waals surface area contributed by atoms with E-state index in [1.165, 1.54) is 14.0 Å². The molecular weight excluding hydrogens is 442 g/mol. The fourth-order valence-corrected chi connectivity index (χ4v) is 4.89. The van der Waals surface area contributed by atoms with Crippen molar-refractivity contribution < 1.29 is 27.5 Å². The number of rotatable bonds is 7. The molecule has 0 aliphatic heterocycles. The first-order valence-corrected chi connectivity index (χ1v) is 11.2. The summed E-state index contributed by atoms with van der Waals surface area (Å²) in [5, 5.41) is 1.85. The molecule has 0 aliphatic rings. The van der Waals surface area contributed by atoms with Crippen LogP contribution in [0.4, 0.5) is 5.00 Å². The molecule has 0 saturated carbocycles. The Morgan fingerprint density at radius 3 is 2.52 bits per heavy atom. The zero-order valence-electron chi connectivity index (χ0n) is 16.0. The number of carbonyl (C=O) groups excluding carboxylic acids is 3. The molecule has 0 aliphatic carbocycles. The maximum absolute atomic E-state index is 12.7. The van der Waals surface area contributed by atoms with Gasteiger partial charge in [-0.3, -0.25) is 9.59 Å². The van der Waals surface area contributed by atoms with Crippen molar-refractivity contribution in [3.63, 3.8) is 0 Å². The minimum absolute atomic E-state index is 0.0278. The Labute approximate surface area is 176 Å². The van der Waals surface area contributed by atoms with Crippen LogP contribution in [-0.2, 0) is 14.6 Å². The van der Waals surface area contributed by atoms with Crippen molar-refractivity contribution in [3.05, 3.63) is 32.9 Å². The third-order valence-corrected chi connectivity index (χ3v) is 7.05.